The van der Waals surface area contributed by atoms with Crippen molar-refractivity contribution >= 4 is 0 Å². The quantitative estimate of drug-likeness (QED) is 0.793. The van der Waals surface area contributed by atoms with Crippen LogP contribution in [0.2, 0.25) is 0 Å². The molecule has 1 rings (SSSR count). The summed E-state index contributed by atoms with van der Waals surface area (Å²) >= 11 is 0. The Morgan fingerprint density at radius 1 is 1.40 bits per heavy atom. The van der Waals surface area contributed by atoms with Gasteiger partial charge in [0.1, 0.15) is 12.0 Å². The summed E-state index contributed by atoms with van der Waals surface area (Å²) in [4.78, 5) is 0. The van der Waals surface area contributed by atoms with Crippen molar-refractivity contribution in [1.82, 2.24) is 0 Å². The lowest BCUT2D eigenvalue weighted by molar-refractivity contribution is -0.137. The second kappa shape index (κ2) is 4.53. The molecule has 0 fully saturated rings. The molecular weight excluding hydrogens is 207 g/mol. The predicted molar refractivity (Wildman–Crippen MR) is 50.3 cm³/mol. The zero-order valence-corrected chi connectivity index (χ0v) is 8.21. The third-order valence-corrected chi connectivity index (χ3v) is 1.85. The molecule has 0 spiro atoms. The molecule has 0 radical (unpaired) electrons. The monoisotopic (exact) mass is 219 g/mol. The molecule has 0 aliphatic rings. The molecule has 1 atom stereocenters. The average molecular weight is 219 g/mol. The van der Waals surface area contributed by atoms with Crippen molar-refractivity contribution in [3.63, 3.8) is 0 Å². The molecule has 0 aliphatic heterocycles. The first-order chi connectivity index (χ1) is 6.93. The van der Waals surface area contributed by atoms with Gasteiger partial charge in [0.2, 0.25) is 0 Å². The number of nitrogens with two attached hydrogens (primary N) is 1. The zero-order chi connectivity index (χ0) is 11.5. The van der Waals surface area contributed by atoms with Gasteiger partial charge in [0.15, 0.2) is 0 Å². The standard InChI is InChI=1S/C10H12F3NO/c1-2-9(14)15-8-5-3-4-7(6-8)10(11,12)13/h3-6,9H,2,14H2,1H3. The van der Waals surface area contributed by atoms with Gasteiger partial charge < -0.3 is 4.74 Å². The highest BCUT2D eigenvalue weighted by atomic mass is 19.4. The fourth-order valence-electron chi connectivity index (χ4n) is 1.00. The number of ether oxygens (including phenoxy) is 1. The number of hydrogen-bond donors (Lipinski definition) is 1. The Morgan fingerprint density at radius 3 is 2.60 bits per heavy atom. The summed E-state index contributed by atoms with van der Waals surface area (Å²) in [6, 6.07) is 4.67. The molecule has 15 heavy (non-hydrogen) atoms. The van der Waals surface area contributed by atoms with E-state index in [1.165, 1.54) is 12.1 Å². The molecule has 2 nitrogen and oxygen atoms in total. The summed E-state index contributed by atoms with van der Waals surface area (Å²) in [6.45, 7) is 1.79. The van der Waals surface area contributed by atoms with E-state index in [1.54, 1.807) is 6.92 Å². The second-order valence-corrected chi connectivity index (χ2v) is 3.09. The molecule has 0 saturated carbocycles. The zero-order valence-electron chi connectivity index (χ0n) is 8.21. The van der Waals surface area contributed by atoms with E-state index >= 15 is 0 Å². The van der Waals surface area contributed by atoms with Crippen molar-refractivity contribution in [3.05, 3.63) is 29.8 Å². The molecule has 1 unspecified atom stereocenters. The van der Waals surface area contributed by atoms with Crippen molar-refractivity contribution in [1.29, 1.82) is 0 Å². The highest BCUT2D eigenvalue weighted by molar-refractivity contribution is 5.30. The highest BCUT2D eigenvalue weighted by Crippen LogP contribution is 2.31. The van der Waals surface area contributed by atoms with Gasteiger partial charge in [0.25, 0.3) is 0 Å². The van der Waals surface area contributed by atoms with E-state index in [-0.39, 0.29) is 5.75 Å². The number of halogens is 3. The highest BCUT2D eigenvalue weighted by Gasteiger charge is 2.30. The van der Waals surface area contributed by atoms with Crippen LogP contribution in [0.5, 0.6) is 5.75 Å². The maximum absolute atomic E-state index is 12.3. The van der Waals surface area contributed by atoms with E-state index in [4.69, 9.17) is 10.5 Å². The van der Waals surface area contributed by atoms with E-state index < -0.39 is 18.0 Å². The van der Waals surface area contributed by atoms with Crippen LogP contribution >= 0.6 is 0 Å². The fraction of sp³-hybridized carbons (Fsp3) is 0.400. The van der Waals surface area contributed by atoms with E-state index in [0.29, 0.717) is 6.42 Å². The normalized spacial score (nSPS) is 13.7. The Labute approximate surface area is 85.8 Å². The molecular formula is C10H12F3NO. The van der Waals surface area contributed by atoms with Gasteiger partial charge in [-0.2, -0.15) is 13.2 Å². The second-order valence-electron chi connectivity index (χ2n) is 3.09. The summed E-state index contributed by atoms with van der Waals surface area (Å²) in [6.07, 6.45) is -4.39. The molecule has 5 heteroatoms. The van der Waals surface area contributed by atoms with E-state index in [0.717, 1.165) is 12.1 Å². The van der Waals surface area contributed by atoms with Gasteiger partial charge in [-0.15, -0.1) is 0 Å². The van der Waals surface area contributed by atoms with Crippen molar-refractivity contribution in [2.75, 3.05) is 0 Å². The van der Waals surface area contributed by atoms with E-state index in [1.807, 2.05) is 0 Å². The predicted octanol–water partition coefficient (Wildman–Crippen LogP) is 2.78. The van der Waals surface area contributed by atoms with Crippen molar-refractivity contribution in [2.45, 2.75) is 25.7 Å². The van der Waals surface area contributed by atoms with Gasteiger partial charge in [-0.05, 0) is 24.6 Å². The van der Waals surface area contributed by atoms with Crippen molar-refractivity contribution in [3.8, 4) is 5.75 Å². The molecule has 0 heterocycles. The van der Waals surface area contributed by atoms with E-state index in [2.05, 4.69) is 0 Å². The van der Waals surface area contributed by atoms with Crippen LogP contribution in [-0.4, -0.2) is 6.23 Å². The van der Waals surface area contributed by atoms with Crippen LogP contribution in [0.4, 0.5) is 13.2 Å². The van der Waals surface area contributed by atoms with Crippen LogP contribution < -0.4 is 10.5 Å². The minimum Gasteiger partial charge on any atom is -0.476 e. The van der Waals surface area contributed by atoms with Crippen LogP contribution in [-0.2, 0) is 6.18 Å². The van der Waals surface area contributed by atoms with Gasteiger partial charge in [0.05, 0.1) is 5.56 Å². The molecule has 0 amide bonds. The van der Waals surface area contributed by atoms with Crippen LogP contribution in [0.1, 0.15) is 18.9 Å². The lowest BCUT2D eigenvalue weighted by Crippen LogP contribution is -2.25. The summed E-state index contributed by atoms with van der Waals surface area (Å²) < 4.78 is 42.0. The van der Waals surface area contributed by atoms with Gasteiger partial charge in [-0.3, -0.25) is 5.73 Å². The van der Waals surface area contributed by atoms with Crippen molar-refractivity contribution in [2.24, 2.45) is 5.73 Å². The first kappa shape index (κ1) is 11.8. The SMILES string of the molecule is CCC(N)Oc1cccc(C(F)(F)F)c1. The molecule has 84 valence electrons. The van der Waals surface area contributed by atoms with E-state index in [9.17, 15) is 13.2 Å². The Morgan fingerprint density at radius 2 is 2.07 bits per heavy atom. The number of rotatable bonds is 3. The Kier molecular flexibility index (Phi) is 3.57. The molecule has 1 aromatic rings. The molecule has 0 aromatic heterocycles. The van der Waals surface area contributed by atoms with Gasteiger partial charge in [-0.1, -0.05) is 13.0 Å². The topological polar surface area (TPSA) is 35.2 Å². The Bertz CT molecular complexity index is 325. The lowest BCUT2D eigenvalue weighted by atomic mass is 10.2. The smallest absolute Gasteiger partial charge is 0.416 e. The van der Waals surface area contributed by atoms with Crippen LogP contribution in [0.3, 0.4) is 0 Å². The van der Waals surface area contributed by atoms with Crippen molar-refractivity contribution < 1.29 is 17.9 Å². The molecule has 0 bridgehead atoms. The minimum absolute atomic E-state index is 0.138. The lowest BCUT2D eigenvalue weighted by Gasteiger charge is -2.14. The minimum atomic E-state index is -4.35. The average Bonchev–Trinajstić information content (AvgIpc) is 2.17. The first-order valence-corrected chi connectivity index (χ1v) is 4.53. The third kappa shape index (κ3) is 3.43. The number of hydrogen-bond acceptors (Lipinski definition) is 2. The summed E-state index contributed by atoms with van der Waals surface area (Å²) in [5.41, 5.74) is 4.73. The van der Waals surface area contributed by atoms with Gasteiger partial charge in [0, 0.05) is 0 Å². The summed E-state index contributed by atoms with van der Waals surface area (Å²) in [7, 11) is 0. The largest absolute Gasteiger partial charge is 0.476 e. The Hall–Kier alpha value is -1.23. The van der Waals surface area contributed by atoms with Crippen LogP contribution in [0, 0.1) is 0 Å². The Balaban J connectivity index is 2.84. The molecule has 2 N–H and O–H groups in total. The maximum Gasteiger partial charge on any atom is 0.416 e. The molecule has 0 aliphatic carbocycles. The summed E-state index contributed by atoms with van der Waals surface area (Å²) in [5, 5.41) is 0. The van der Waals surface area contributed by atoms with Crippen LogP contribution in [0.25, 0.3) is 0 Å². The summed E-state index contributed by atoms with van der Waals surface area (Å²) in [5.74, 6) is 0.138. The molecule has 1 aromatic carbocycles. The van der Waals surface area contributed by atoms with Gasteiger partial charge >= 0.3 is 6.18 Å². The van der Waals surface area contributed by atoms with Gasteiger partial charge in [-0.25, -0.2) is 0 Å². The first-order valence-electron chi connectivity index (χ1n) is 4.53. The fourth-order valence-corrected chi connectivity index (χ4v) is 1.00. The third-order valence-electron chi connectivity index (χ3n) is 1.85. The number of benzene rings is 1. The number of alkyl halides is 3. The molecule has 0 saturated heterocycles. The maximum atomic E-state index is 12.3. The van der Waals surface area contributed by atoms with Crippen LogP contribution in [0.15, 0.2) is 24.3 Å².